The Morgan fingerprint density at radius 3 is 2.36 bits per heavy atom. The largest absolute Gasteiger partial charge is 0.301 e. The molecule has 0 aromatic carbocycles. The molecule has 0 saturated carbocycles. The summed E-state index contributed by atoms with van der Waals surface area (Å²) < 4.78 is 0. The minimum Gasteiger partial charge on any atom is -0.301 e. The second-order valence-corrected chi connectivity index (χ2v) is 3.03. The molecule has 0 aromatic heterocycles. The van der Waals surface area contributed by atoms with Crippen LogP contribution in [0.5, 0.6) is 0 Å². The quantitative estimate of drug-likeness (QED) is 0.595. The van der Waals surface area contributed by atoms with Gasteiger partial charge in [-0.2, -0.15) is 0 Å². The number of nitrogens with zero attached hydrogens (tertiary/aromatic N) is 1. The van der Waals surface area contributed by atoms with Crippen LogP contribution in [0, 0.1) is 0 Å². The predicted molar refractivity (Wildman–Crippen MR) is 51.9 cm³/mol. The van der Waals surface area contributed by atoms with E-state index in [1.807, 2.05) is 13.8 Å². The lowest BCUT2D eigenvalue weighted by Gasteiger charge is -2.19. The highest BCUT2D eigenvalue weighted by atomic mass is 15.2. The van der Waals surface area contributed by atoms with Gasteiger partial charge in [0.15, 0.2) is 0 Å². The smallest absolute Gasteiger partial charge is 0.00673 e. The second kappa shape index (κ2) is 6.66. The van der Waals surface area contributed by atoms with Gasteiger partial charge < -0.3 is 4.90 Å². The molecule has 1 aliphatic rings. The van der Waals surface area contributed by atoms with Crippen LogP contribution in [-0.4, -0.2) is 24.0 Å². The highest BCUT2D eigenvalue weighted by molar-refractivity contribution is 4.73. The highest BCUT2D eigenvalue weighted by Gasteiger charge is 2.17. The van der Waals surface area contributed by atoms with E-state index in [4.69, 9.17) is 0 Å². The molecule has 1 aliphatic heterocycles. The van der Waals surface area contributed by atoms with E-state index in [0.29, 0.717) is 0 Å². The van der Waals surface area contributed by atoms with E-state index in [-0.39, 0.29) is 0 Å². The molecule has 0 spiro atoms. The molecule has 1 fully saturated rings. The zero-order valence-corrected chi connectivity index (χ0v) is 8.56. The van der Waals surface area contributed by atoms with E-state index in [1.165, 1.54) is 32.4 Å². The van der Waals surface area contributed by atoms with Crippen LogP contribution < -0.4 is 0 Å². The van der Waals surface area contributed by atoms with Crippen molar-refractivity contribution < 1.29 is 0 Å². The number of hydrogen-bond donors (Lipinski definition) is 0. The Kier molecular flexibility index (Phi) is 6.63. The Labute approximate surface area is 71.8 Å². The maximum atomic E-state index is 2.58. The van der Waals surface area contributed by atoms with Crippen LogP contribution in [0.1, 0.15) is 47.0 Å². The molecule has 1 unspecified atom stereocenters. The molecule has 0 bridgehead atoms. The molecule has 1 saturated heterocycles. The van der Waals surface area contributed by atoms with Crippen LogP contribution in [0.25, 0.3) is 0 Å². The fourth-order valence-corrected chi connectivity index (χ4v) is 1.61. The van der Waals surface area contributed by atoms with Crippen molar-refractivity contribution in [3.63, 3.8) is 0 Å². The van der Waals surface area contributed by atoms with Gasteiger partial charge in [-0.25, -0.2) is 0 Å². The third-order valence-electron chi connectivity index (χ3n) is 2.20. The first-order chi connectivity index (χ1) is 5.34. The molecule has 11 heavy (non-hydrogen) atoms. The van der Waals surface area contributed by atoms with Crippen LogP contribution in [0.15, 0.2) is 0 Å². The van der Waals surface area contributed by atoms with Crippen molar-refractivity contribution in [2.75, 3.05) is 13.1 Å². The summed E-state index contributed by atoms with van der Waals surface area (Å²) in [7, 11) is 0. The van der Waals surface area contributed by atoms with Gasteiger partial charge >= 0.3 is 0 Å². The molecule has 68 valence electrons. The zero-order valence-electron chi connectivity index (χ0n) is 8.56. The molecule has 1 nitrogen and oxygen atoms in total. The molecular formula is C10H23N. The third kappa shape index (κ3) is 3.76. The molecular weight excluding hydrogens is 134 g/mol. The van der Waals surface area contributed by atoms with Crippen LogP contribution in [-0.2, 0) is 0 Å². The van der Waals surface area contributed by atoms with Crippen LogP contribution in [0.2, 0.25) is 0 Å². The molecule has 0 aliphatic carbocycles. The summed E-state index contributed by atoms with van der Waals surface area (Å²) in [5.41, 5.74) is 0. The van der Waals surface area contributed by atoms with E-state index >= 15 is 0 Å². The van der Waals surface area contributed by atoms with E-state index in [1.54, 1.807) is 0 Å². The summed E-state index contributed by atoms with van der Waals surface area (Å²) in [6.45, 7) is 11.2. The Balaban J connectivity index is 0.000000461. The van der Waals surface area contributed by atoms with Crippen LogP contribution >= 0.6 is 0 Å². The maximum Gasteiger partial charge on any atom is 0.00673 e. The molecule has 1 rings (SSSR count). The molecule has 1 heteroatoms. The van der Waals surface area contributed by atoms with E-state index < -0.39 is 0 Å². The molecule has 1 atom stereocenters. The van der Waals surface area contributed by atoms with E-state index in [9.17, 15) is 0 Å². The van der Waals surface area contributed by atoms with Gasteiger partial charge in [0, 0.05) is 6.04 Å². The first-order valence-electron chi connectivity index (χ1n) is 5.08. The molecule has 0 amide bonds. The van der Waals surface area contributed by atoms with Crippen molar-refractivity contribution in [2.45, 2.75) is 53.0 Å². The fraction of sp³-hybridized carbons (Fsp3) is 1.00. The average Bonchev–Trinajstić information content (AvgIpc) is 2.42. The Bertz CT molecular complexity index is 80.9. The third-order valence-corrected chi connectivity index (χ3v) is 2.20. The van der Waals surface area contributed by atoms with Gasteiger partial charge in [-0.15, -0.1) is 0 Å². The normalized spacial score (nSPS) is 24.5. The summed E-state index contributed by atoms with van der Waals surface area (Å²) in [5.74, 6) is 0. The lowest BCUT2D eigenvalue weighted by atomic mass is 10.2. The lowest BCUT2D eigenvalue weighted by Crippen LogP contribution is -2.27. The van der Waals surface area contributed by atoms with Gasteiger partial charge in [0.1, 0.15) is 0 Å². The topological polar surface area (TPSA) is 3.24 Å². The Morgan fingerprint density at radius 2 is 2.00 bits per heavy atom. The standard InChI is InChI=1S/C8H17N.C2H6/c1-3-6-9-7-4-5-8(9)2;1-2/h8H,3-7H2,1-2H3;1-2H3. The van der Waals surface area contributed by atoms with Gasteiger partial charge in [0.25, 0.3) is 0 Å². The summed E-state index contributed by atoms with van der Waals surface area (Å²) in [4.78, 5) is 2.58. The second-order valence-electron chi connectivity index (χ2n) is 3.03. The van der Waals surface area contributed by atoms with Crippen LogP contribution in [0.4, 0.5) is 0 Å². The number of rotatable bonds is 2. The van der Waals surface area contributed by atoms with Gasteiger partial charge in [-0.3, -0.25) is 0 Å². The van der Waals surface area contributed by atoms with Gasteiger partial charge in [-0.1, -0.05) is 20.8 Å². The first kappa shape index (κ1) is 11.0. The van der Waals surface area contributed by atoms with E-state index in [2.05, 4.69) is 18.7 Å². The number of hydrogen-bond acceptors (Lipinski definition) is 1. The zero-order chi connectivity index (χ0) is 8.69. The SMILES string of the molecule is CC.CCCN1CCCC1C. The lowest BCUT2D eigenvalue weighted by molar-refractivity contribution is 0.269. The van der Waals surface area contributed by atoms with Crippen LogP contribution in [0.3, 0.4) is 0 Å². The van der Waals surface area contributed by atoms with Gasteiger partial charge in [0.05, 0.1) is 0 Å². The van der Waals surface area contributed by atoms with Gasteiger partial charge in [-0.05, 0) is 39.3 Å². The van der Waals surface area contributed by atoms with Crippen molar-refractivity contribution in [1.82, 2.24) is 4.90 Å². The summed E-state index contributed by atoms with van der Waals surface area (Å²) in [5, 5.41) is 0. The molecule has 0 radical (unpaired) electrons. The number of likely N-dealkylation sites (tertiary alicyclic amines) is 1. The van der Waals surface area contributed by atoms with Crippen molar-refractivity contribution in [3.05, 3.63) is 0 Å². The van der Waals surface area contributed by atoms with Crippen molar-refractivity contribution >= 4 is 0 Å². The maximum absolute atomic E-state index is 2.58. The summed E-state index contributed by atoms with van der Waals surface area (Å²) in [6.07, 6.45) is 4.14. The minimum atomic E-state index is 0.866. The Hall–Kier alpha value is -0.0400. The van der Waals surface area contributed by atoms with Gasteiger partial charge in [0.2, 0.25) is 0 Å². The predicted octanol–water partition coefficient (Wildman–Crippen LogP) is 2.91. The summed E-state index contributed by atoms with van der Waals surface area (Å²) >= 11 is 0. The average molecular weight is 157 g/mol. The Morgan fingerprint density at radius 1 is 1.36 bits per heavy atom. The molecule has 0 aromatic rings. The van der Waals surface area contributed by atoms with Crippen molar-refractivity contribution in [1.29, 1.82) is 0 Å². The monoisotopic (exact) mass is 157 g/mol. The van der Waals surface area contributed by atoms with Crippen molar-refractivity contribution in [2.24, 2.45) is 0 Å². The summed E-state index contributed by atoms with van der Waals surface area (Å²) in [6, 6.07) is 0.866. The fourth-order valence-electron chi connectivity index (χ4n) is 1.61. The van der Waals surface area contributed by atoms with Crippen molar-refractivity contribution in [3.8, 4) is 0 Å². The highest BCUT2D eigenvalue weighted by Crippen LogP contribution is 2.15. The van der Waals surface area contributed by atoms with E-state index in [0.717, 1.165) is 6.04 Å². The first-order valence-corrected chi connectivity index (χ1v) is 5.08. The molecule has 0 N–H and O–H groups in total. The minimum absolute atomic E-state index is 0.866. The molecule has 1 heterocycles.